The van der Waals surface area contributed by atoms with E-state index in [0.717, 1.165) is 12.8 Å². The van der Waals surface area contributed by atoms with Crippen LogP contribution in [0.15, 0.2) is 48.1 Å². The molecule has 0 aromatic heterocycles. The van der Waals surface area contributed by atoms with Gasteiger partial charge >= 0.3 is 11.9 Å². The lowest BCUT2D eigenvalue weighted by molar-refractivity contribution is -0.168. The molecule has 37 heavy (non-hydrogen) atoms. The molecule has 0 aromatic rings. The second kappa shape index (κ2) is 11.1. The van der Waals surface area contributed by atoms with Crippen molar-refractivity contribution in [2.75, 3.05) is 0 Å². The van der Waals surface area contributed by atoms with Crippen LogP contribution in [0.1, 0.15) is 67.2 Å². The normalized spacial score (nSPS) is 37.5. The summed E-state index contributed by atoms with van der Waals surface area (Å²) in [7, 11) is 0. The smallest absolute Gasteiger partial charge is 0.331 e. The predicted molar refractivity (Wildman–Crippen MR) is 140 cm³/mol. The van der Waals surface area contributed by atoms with E-state index in [2.05, 4.69) is 13.5 Å². The molecule has 3 aliphatic carbocycles. The lowest BCUT2D eigenvalue weighted by Crippen LogP contribution is -2.50. The number of esters is 2. The molecule has 0 heterocycles. The van der Waals surface area contributed by atoms with Crippen LogP contribution in [0.3, 0.4) is 0 Å². The average Bonchev–Trinajstić information content (AvgIpc) is 3.28. The molecule has 0 radical (unpaired) electrons. The van der Waals surface area contributed by atoms with Gasteiger partial charge in [0.2, 0.25) is 5.78 Å². The number of aliphatic hydroxyl groups excluding tert-OH is 2. The number of carbonyl (C=O) groups excluding carboxylic acids is 3. The van der Waals surface area contributed by atoms with Crippen molar-refractivity contribution in [3.8, 4) is 0 Å². The maximum Gasteiger partial charge on any atom is 0.331 e. The summed E-state index contributed by atoms with van der Waals surface area (Å²) >= 11 is 0. The summed E-state index contributed by atoms with van der Waals surface area (Å²) in [5.41, 5.74) is -1.37. The van der Waals surface area contributed by atoms with Crippen LogP contribution in [0.25, 0.3) is 0 Å². The molecular formula is C30H42O7. The fourth-order valence-corrected chi connectivity index (χ4v) is 6.34. The van der Waals surface area contributed by atoms with Crippen LogP contribution in [0.5, 0.6) is 0 Å². The molecule has 2 saturated carbocycles. The summed E-state index contributed by atoms with van der Waals surface area (Å²) in [6, 6.07) is 0. The highest BCUT2D eigenvalue weighted by Crippen LogP contribution is 2.64. The molecule has 0 amide bonds. The summed E-state index contributed by atoms with van der Waals surface area (Å²) < 4.78 is 11.6. The number of Topliss-reactive ketones (excluding diaryl/α,β-unsaturated/α-hetero) is 1. The van der Waals surface area contributed by atoms with Gasteiger partial charge in [-0.05, 0) is 48.5 Å². The monoisotopic (exact) mass is 514 g/mol. The zero-order chi connectivity index (χ0) is 27.7. The third-order valence-corrected chi connectivity index (χ3v) is 8.56. The Morgan fingerprint density at radius 1 is 1.24 bits per heavy atom. The van der Waals surface area contributed by atoms with Crippen LogP contribution in [0.2, 0.25) is 0 Å². The zero-order valence-electron chi connectivity index (χ0n) is 22.9. The second-order valence-electron chi connectivity index (χ2n) is 11.6. The van der Waals surface area contributed by atoms with Crippen LogP contribution < -0.4 is 0 Å². The van der Waals surface area contributed by atoms with Crippen LogP contribution >= 0.6 is 0 Å². The molecule has 2 fully saturated rings. The first-order valence-corrected chi connectivity index (χ1v) is 13.3. The summed E-state index contributed by atoms with van der Waals surface area (Å²) in [6.07, 6.45) is 8.23. The van der Waals surface area contributed by atoms with Crippen molar-refractivity contribution in [1.82, 2.24) is 0 Å². The highest BCUT2D eigenvalue weighted by atomic mass is 16.6. The number of hydrogen-bond donors (Lipinski definition) is 2. The van der Waals surface area contributed by atoms with Crippen molar-refractivity contribution in [2.45, 2.75) is 91.1 Å². The number of carbonyl (C=O) groups is 3. The lowest BCUT2D eigenvalue weighted by Gasteiger charge is -2.35. The summed E-state index contributed by atoms with van der Waals surface area (Å²) in [5.74, 6) is -3.26. The minimum absolute atomic E-state index is 0.0172. The Balaban J connectivity index is 2.05. The van der Waals surface area contributed by atoms with E-state index in [0.29, 0.717) is 12.0 Å². The Kier molecular flexibility index (Phi) is 8.70. The van der Waals surface area contributed by atoms with Crippen molar-refractivity contribution >= 4 is 17.7 Å². The number of ether oxygens (including phenoxy) is 2. The molecule has 0 bridgehead atoms. The van der Waals surface area contributed by atoms with Crippen molar-refractivity contribution in [3.05, 3.63) is 48.1 Å². The fraction of sp³-hybridized carbons (Fsp3) is 0.633. The van der Waals surface area contributed by atoms with Gasteiger partial charge in [-0.3, -0.25) is 9.59 Å². The van der Waals surface area contributed by atoms with Gasteiger partial charge in [-0.25, -0.2) is 4.79 Å². The number of rotatable bonds is 6. The van der Waals surface area contributed by atoms with E-state index >= 15 is 0 Å². The zero-order valence-corrected chi connectivity index (χ0v) is 22.9. The maximum atomic E-state index is 13.9. The van der Waals surface area contributed by atoms with Crippen molar-refractivity contribution in [2.24, 2.45) is 29.1 Å². The minimum Gasteiger partial charge on any atom is -0.455 e. The molecule has 8 atom stereocenters. The standard InChI is InChI=1S/C30H42O7/c1-8-9-10-11-12-13-24(32)36-23-15-21-25(29(21,6)7)27(34)19(4)28(35)30(37-20(5)31)16-18(3)26(33)22(30)14-17(23)2/h10-14,18,21-23,25-27,33-34H,4,8-9,15-16H2,1-3,5-7H3. The highest BCUT2D eigenvalue weighted by Gasteiger charge is 2.65. The average molecular weight is 515 g/mol. The largest absolute Gasteiger partial charge is 0.455 e. The van der Waals surface area contributed by atoms with Crippen molar-refractivity contribution < 1.29 is 34.1 Å². The summed E-state index contributed by atoms with van der Waals surface area (Å²) in [6.45, 7) is 14.8. The van der Waals surface area contributed by atoms with Gasteiger partial charge in [0, 0.05) is 25.0 Å². The molecule has 8 unspecified atom stereocenters. The molecule has 3 rings (SSSR count). The van der Waals surface area contributed by atoms with Crippen molar-refractivity contribution in [3.63, 3.8) is 0 Å². The Bertz CT molecular complexity index is 1020. The number of ketones is 1. The third kappa shape index (κ3) is 5.68. The Hall–Kier alpha value is -2.51. The first-order chi connectivity index (χ1) is 17.3. The lowest BCUT2D eigenvalue weighted by atomic mass is 9.79. The molecule has 3 aliphatic rings. The number of fused-ring (bicyclic) bond motifs is 2. The van der Waals surface area contributed by atoms with E-state index in [-0.39, 0.29) is 35.2 Å². The molecule has 0 spiro atoms. The van der Waals surface area contributed by atoms with E-state index in [1.165, 1.54) is 13.0 Å². The quantitative estimate of drug-likeness (QED) is 0.236. The van der Waals surface area contributed by atoms with Crippen molar-refractivity contribution in [1.29, 1.82) is 0 Å². The third-order valence-electron chi connectivity index (χ3n) is 8.56. The van der Waals surface area contributed by atoms with E-state index in [1.807, 2.05) is 26.0 Å². The molecule has 0 aromatic carbocycles. The number of allylic oxidation sites excluding steroid dienone is 3. The topological polar surface area (TPSA) is 110 Å². The first kappa shape index (κ1) is 29.1. The first-order valence-electron chi connectivity index (χ1n) is 13.3. The van der Waals surface area contributed by atoms with E-state index in [1.54, 1.807) is 26.0 Å². The number of unbranched alkanes of at least 4 members (excludes halogenated alkanes) is 1. The van der Waals surface area contributed by atoms with E-state index in [9.17, 15) is 24.6 Å². The van der Waals surface area contributed by atoms with Gasteiger partial charge in [0.05, 0.1) is 18.1 Å². The van der Waals surface area contributed by atoms with E-state index < -0.39 is 47.6 Å². The van der Waals surface area contributed by atoms with Gasteiger partial charge in [0.1, 0.15) is 6.10 Å². The number of hydrogen-bond acceptors (Lipinski definition) is 7. The molecule has 204 valence electrons. The molecule has 0 saturated heterocycles. The van der Waals surface area contributed by atoms with Gasteiger partial charge < -0.3 is 19.7 Å². The SMILES string of the molecule is C=C1C(=O)C2(OC(C)=O)CC(C)C(O)C2C=C(C)C(OC(=O)C=CC=CCCC)CC2C(C1O)C2(C)C. The predicted octanol–water partition coefficient (Wildman–Crippen LogP) is 4.24. The molecule has 7 nitrogen and oxygen atoms in total. The van der Waals surface area contributed by atoms with Gasteiger partial charge in [0.25, 0.3) is 0 Å². The fourth-order valence-electron chi connectivity index (χ4n) is 6.34. The van der Waals surface area contributed by atoms with Crippen LogP contribution in [-0.4, -0.2) is 51.8 Å². The molecule has 7 heteroatoms. The maximum absolute atomic E-state index is 13.9. The Morgan fingerprint density at radius 2 is 1.92 bits per heavy atom. The minimum atomic E-state index is -1.69. The Morgan fingerprint density at radius 3 is 2.54 bits per heavy atom. The highest BCUT2D eigenvalue weighted by molar-refractivity contribution is 6.04. The van der Waals surface area contributed by atoms with Gasteiger partial charge in [-0.2, -0.15) is 0 Å². The Labute approximate surface area is 220 Å². The van der Waals surface area contributed by atoms with Crippen LogP contribution in [-0.2, 0) is 23.9 Å². The van der Waals surface area contributed by atoms with Gasteiger partial charge in [-0.1, -0.05) is 65.0 Å². The van der Waals surface area contributed by atoms with Crippen LogP contribution in [0.4, 0.5) is 0 Å². The number of aliphatic hydroxyl groups is 2. The summed E-state index contributed by atoms with van der Waals surface area (Å²) in [5, 5.41) is 22.4. The van der Waals surface area contributed by atoms with E-state index in [4.69, 9.17) is 9.47 Å². The summed E-state index contributed by atoms with van der Waals surface area (Å²) in [4.78, 5) is 38.8. The molecule has 2 N–H and O–H groups in total. The molecular weight excluding hydrogens is 472 g/mol. The van der Waals surface area contributed by atoms with Crippen LogP contribution in [0, 0.1) is 29.1 Å². The van der Waals surface area contributed by atoms with Gasteiger partial charge in [0.15, 0.2) is 5.60 Å². The van der Waals surface area contributed by atoms with Gasteiger partial charge in [-0.15, -0.1) is 0 Å². The second-order valence-corrected chi connectivity index (χ2v) is 11.6. The molecule has 0 aliphatic heterocycles.